The quantitative estimate of drug-likeness (QED) is 0.676. The normalized spacial score (nSPS) is 10.4. The van der Waals surface area contributed by atoms with Crippen LogP contribution in [0.15, 0.2) is 84.9 Å². The second-order valence-electron chi connectivity index (χ2n) is 5.98. The van der Waals surface area contributed by atoms with E-state index in [4.69, 9.17) is 0 Å². The molecule has 24 heavy (non-hydrogen) atoms. The van der Waals surface area contributed by atoms with Gasteiger partial charge >= 0.3 is 0 Å². The van der Waals surface area contributed by atoms with E-state index in [1.54, 1.807) is 4.90 Å². The minimum absolute atomic E-state index is 0.131. The molecule has 2 heteroatoms. The van der Waals surface area contributed by atoms with E-state index in [1.807, 2.05) is 67.7 Å². The Morgan fingerprint density at radius 3 is 1.88 bits per heavy atom. The Kier molecular flexibility index (Phi) is 5.07. The number of rotatable bonds is 5. The van der Waals surface area contributed by atoms with Crippen molar-refractivity contribution in [1.29, 1.82) is 0 Å². The molecular formula is C22H21NO. The highest BCUT2D eigenvalue weighted by molar-refractivity contribution is 5.78. The van der Waals surface area contributed by atoms with Gasteiger partial charge in [-0.2, -0.15) is 0 Å². The molecule has 3 aromatic rings. The third-order valence-corrected chi connectivity index (χ3v) is 4.10. The van der Waals surface area contributed by atoms with Gasteiger partial charge in [-0.1, -0.05) is 84.9 Å². The molecule has 0 aliphatic heterocycles. The summed E-state index contributed by atoms with van der Waals surface area (Å²) < 4.78 is 0. The fourth-order valence-electron chi connectivity index (χ4n) is 2.70. The van der Waals surface area contributed by atoms with Crippen molar-refractivity contribution in [3.63, 3.8) is 0 Å². The van der Waals surface area contributed by atoms with Gasteiger partial charge in [0.2, 0.25) is 5.91 Å². The Morgan fingerprint density at radius 2 is 1.25 bits per heavy atom. The molecule has 0 heterocycles. The van der Waals surface area contributed by atoms with Gasteiger partial charge in [0, 0.05) is 13.6 Å². The molecule has 0 N–H and O–H groups in total. The predicted molar refractivity (Wildman–Crippen MR) is 98.5 cm³/mol. The molecule has 3 rings (SSSR count). The SMILES string of the molecule is CN(Cc1ccccc1)C(=O)Cc1ccc(-c2ccccc2)cc1. The van der Waals surface area contributed by atoms with Gasteiger partial charge in [0.1, 0.15) is 0 Å². The minimum Gasteiger partial charge on any atom is -0.341 e. The van der Waals surface area contributed by atoms with Crippen molar-refractivity contribution < 1.29 is 4.79 Å². The smallest absolute Gasteiger partial charge is 0.227 e. The van der Waals surface area contributed by atoms with Gasteiger partial charge in [-0.05, 0) is 22.3 Å². The Hall–Kier alpha value is -2.87. The first-order valence-electron chi connectivity index (χ1n) is 8.14. The van der Waals surface area contributed by atoms with Crippen LogP contribution in [0, 0.1) is 0 Å². The van der Waals surface area contributed by atoms with Crippen LogP contribution in [0.25, 0.3) is 11.1 Å². The largest absolute Gasteiger partial charge is 0.341 e. The number of hydrogen-bond acceptors (Lipinski definition) is 1. The summed E-state index contributed by atoms with van der Waals surface area (Å²) >= 11 is 0. The van der Waals surface area contributed by atoms with E-state index in [2.05, 4.69) is 24.3 Å². The Bertz CT molecular complexity index is 779. The summed E-state index contributed by atoms with van der Waals surface area (Å²) in [6.07, 6.45) is 0.429. The average molecular weight is 315 g/mol. The molecule has 3 aromatic carbocycles. The summed E-state index contributed by atoms with van der Waals surface area (Å²) in [5.74, 6) is 0.131. The van der Waals surface area contributed by atoms with E-state index in [1.165, 1.54) is 11.1 Å². The standard InChI is InChI=1S/C22H21NO/c1-23(17-19-8-4-2-5-9-19)22(24)16-18-12-14-21(15-13-18)20-10-6-3-7-11-20/h2-15H,16-17H2,1H3. The van der Waals surface area contributed by atoms with Crippen LogP contribution in [0.4, 0.5) is 0 Å². The second kappa shape index (κ2) is 7.60. The number of benzene rings is 3. The molecule has 0 saturated carbocycles. The summed E-state index contributed by atoms with van der Waals surface area (Å²) in [6.45, 7) is 0.641. The first kappa shape index (κ1) is 16.0. The summed E-state index contributed by atoms with van der Waals surface area (Å²) in [5.41, 5.74) is 4.55. The molecule has 120 valence electrons. The fraction of sp³-hybridized carbons (Fsp3) is 0.136. The Morgan fingerprint density at radius 1 is 0.708 bits per heavy atom. The van der Waals surface area contributed by atoms with Crippen LogP contribution in [-0.2, 0) is 17.8 Å². The van der Waals surface area contributed by atoms with Gasteiger partial charge in [-0.15, -0.1) is 0 Å². The summed E-state index contributed by atoms with van der Waals surface area (Å²) in [7, 11) is 1.85. The molecule has 0 aromatic heterocycles. The molecule has 0 unspecified atom stereocenters. The highest BCUT2D eigenvalue weighted by Crippen LogP contribution is 2.19. The molecule has 0 bridgehead atoms. The maximum atomic E-state index is 12.4. The molecule has 0 radical (unpaired) electrons. The predicted octanol–water partition coefficient (Wildman–Crippen LogP) is 4.55. The van der Waals surface area contributed by atoms with E-state index in [0.29, 0.717) is 13.0 Å². The van der Waals surface area contributed by atoms with Crippen LogP contribution >= 0.6 is 0 Å². The Labute approximate surface area is 143 Å². The van der Waals surface area contributed by atoms with E-state index in [9.17, 15) is 4.79 Å². The van der Waals surface area contributed by atoms with E-state index < -0.39 is 0 Å². The van der Waals surface area contributed by atoms with E-state index in [0.717, 1.165) is 11.1 Å². The number of nitrogens with zero attached hydrogens (tertiary/aromatic N) is 1. The molecule has 0 atom stereocenters. The zero-order chi connectivity index (χ0) is 16.8. The van der Waals surface area contributed by atoms with Crippen molar-refractivity contribution in [2.24, 2.45) is 0 Å². The third-order valence-electron chi connectivity index (χ3n) is 4.10. The van der Waals surface area contributed by atoms with Crippen molar-refractivity contribution in [2.75, 3.05) is 7.05 Å². The number of carbonyl (C=O) groups is 1. The lowest BCUT2D eigenvalue weighted by atomic mass is 10.0. The molecule has 2 nitrogen and oxygen atoms in total. The van der Waals surface area contributed by atoms with Crippen molar-refractivity contribution in [3.8, 4) is 11.1 Å². The van der Waals surface area contributed by atoms with Crippen molar-refractivity contribution in [2.45, 2.75) is 13.0 Å². The molecule has 0 aliphatic carbocycles. The first-order chi connectivity index (χ1) is 11.7. The van der Waals surface area contributed by atoms with Crippen molar-refractivity contribution in [3.05, 3.63) is 96.1 Å². The highest BCUT2D eigenvalue weighted by Gasteiger charge is 2.10. The maximum absolute atomic E-state index is 12.4. The number of hydrogen-bond donors (Lipinski definition) is 0. The second-order valence-corrected chi connectivity index (χ2v) is 5.98. The van der Waals surface area contributed by atoms with Crippen LogP contribution in [-0.4, -0.2) is 17.9 Å². The van der Waals surface area contributed by atoms with E-state index >= 15 is 0 Å². The molecular weight excluding hydrogens is 294 g/mol. The van der Waals surface area contributed by atoms with Crippen LogP contribution in [0.1, 0.15) is 11.1 Å². The van der Waals surface area contributed by atoms with Gasteiger partial charge in [0.05, 0.1) is 6.42 Å². The molecule has 0 saturated heterocycles. The van der Waals surface area contributed by atoms with Gasteiger partial charge < -0.3 is 4.90 Å². The lowest BCUT2D eigenvalue weighted by Gasteiger charge is -2.17. The first-order valence-corrected chi connectivity index (χ1v) is 8.14. The zero-order valence-electron chi connectivity index (χ0n) is 13.9. The number of likely N-dealkylation sites (N-methyl/N-ethyl adjacent to an activating group) is 1. The molecule has 0 aliphatic rings. The number of amides is 1. The molecule has 0 spiro atoms. The van der Waals surface area contributed by atoms with E-state index in [-0.39, 0.29) is 5.91 Å². The minimum atomic E-state index is 0.131. The van der Waals surface area contributed by atoms with Gasteiger partial charge in [-0.3, -0.25) is 4.79 Å². The molecule has 1 amide bonds. The average Bonchev–Trinajstić information content (AvgIpc) is 2.64. The topological polar surface area (TPSA) is 20.3 Å². The van der Waals surface area contributed by atoms with Crippen LogP contribution < -0.4 is 0 Å². The summed E-state index contributed by atoms with van der Waals surface area (Å²) in [5, 5.41) is 0. The van der Waals surface area contributed by atoms with Gasteiger partial charge in [0.25, 0.3) is 0 Å². The van der Waals surface area contributed by atoms with Crippen LogP contribution in [0.2, 0.25) is 0 Å². The van der Waals surface area contributed by atoms with Crippen LogP contribution in [0.3, 0.4) is 0 Å². The number of carbonyl (C=O) groups excluding carboxylic acids is 1. The van der Waals surface area contributed by atoms with Crippen molar-refractivity contribution >= 4 is 5.91 Å². The van der Waals surface area contributed by atoms with Gasteiger partial charge in [0.15, 0.2) is 0 Å². The monoisotopic (exact) mass is 315 g/mol. The third kappa shape index (κ3) is 4.11. The zero-order valence-corrected chi connectivity index (χ0v) is 13.9. The highest BCUT2D eigenvalue weighted by atomic mass is 16.2. The van der Waals surface area contributed by atoms with Crippen molar-refractivity contribution in [1.82, 2.24) is 4.90 Å². The lowest BCUT2D eigenvalue weighted by Crippen LogP contribution is -2.27. The Balaban J connectivity index is 1.62. The maximum Gasteiger partial charge on any atom is 0.227 e. The fourth-order valence-corrected chi connectivity index (χ4v) is 2.70. The summed E-state index contributed by atoms with van der Waals surface area (Å²) in [4.78, 5) is 14.2. The lowest BCUT2D eigenvalue weighted by molar-refractivity contribution is -0.129. The molecule has 0 fully saturated rings. The van der Waals surface area contributed by atoms with Crippen LogP contribution in [0.5, 0.6) is 0 Å². The summed E-state index contributed by atoms with van der Waals surface area (Å²) in [6, 6.07) is 28.6. The van der Waals surface area contributed by atoms with Gasteiger partial charge in [-0.25, -0.2) is 0 Å².